The first-order chi connectivity index (χ1) is 16.5. The van der Waals surface area contributed by atoms with E-state index >= 15 is 0 Å². The lowest BCUT2D eigenvalue weighted by Crippen LogP contribution is -2.15. The molecular weight excluding hydrogens is 448 g/mol. The van der Waals surface area contributed by atoms with E-state index in [2.05, 4.69) is 15.4 Å². The number of amides is 1. The van der Waals surface area contributed by atoms with Gasteiger partial charge in [-0.25, -0.2) is 4.98 Å². The average molecular weight is 469 g/mol. The van der Waals surface area contributed by atoms with Gasteiger partial charge in [0.1, 0.15) is 11.6 Å². The lowest BCUT2D eigenvalue weighted by atomic mass is 10.0. The van der Waals surface area contributed by atoms with Gasteiger partial charge < -0.3 is 10.1 Å². The molecule has 0 aliphatic carbocycles. The zero-order valence-electron chi connectivity index (χ0n) is 18.5. The van der Waals surface area contributed by atoms with Gasteiger partial charge in [0.05, 0.1) is 23.0 Å². The molecule has 0 aliphatic rings. The molecule has 8 heteroatoms. The highest BCUT2D eigenvalue weighted by Crippen LogP contribution is 2.30. The van der Waals surface area contributed by atoms with Crippen molar-refractivity contribution in [3.63, 3.8) is 0 Å². The summed E-state index contributed by atoms with van der Waals surface area (Å²) >= 11 is 1.45. The molecule has 168 valence electrons. The second-order valence-corrected chi connectivity index (χ2v) is 8.65. The van der Waals surface area contributed by atoms with Crippen LogP contribution in [0.25, 0.3) is 15.3 Å². The Kier molecular flexibility index (Phi) is 5.65. The number of carbonyl (C=O) groups excluding carboxylic acids is 2. The fraction of sp³-hybridized carbons (Fsp3) is 0.0769. The number of fused-ring (bicyclic) bond motifs is 1. The minimum absolute atomic E-state index is 0.0891. The van der Waals surface area contributed by atoms with E-state index in [0.717, 1.165) is 21.7 Å². The number of aryl methyl sites for hydroxylation is 1. The number of anilines is 1. The zero-order chi connectivity index (χ0) is 23.7. The highest BCUT2D eigenvalue weighted by Gasteiger charge is 2.16. The molecule has 5 aromatic rings. The van der Waals surface area contributed by atoms with Gasteiger partial charge in [-0.3, -0.25) is 9.59 Å². The number of thiazole rings is 1. The van der Waals surface area contributed by atoms with Crippen LogP contribution in [0.3, 0.4) is 0 Å². The lowest BCUT2D eigenvalue weighted by molar-refractivity contribution is 0.101. The molecule has 3 aromatic carbocycles. The molecule has 2 heterocycles. The molecule has 0 spiro atoms. The molecule has 5 rings (SSSR count). The second kappa shape index (κ2) is 8.92. The summed E-state index contributed by atoms with van der Waals surface area (Å²) in [7, 11) is 1.62. The highest BCUT2D eigenvalue weighted by molar-refractivity contribution is 7.20. The normalized spacial score (nSPS) is 10.9. The summed E-state index contributed by atoms with van der Waals surface area (Å²) < 4.78 is 7.87. The van der Waals surface area contributed by atoms with Crippen molar-refractivity contribution in [3.05, 3.63) is 101 Å². The second-order valence-electron chi connectivity index (χ2n) is 7.64. The predicted octanol–water partition coefficient (Wildman–Crippen LogP) is 5.28. The van der Waals surface area contributed by atoms with Crippen molar-refractivity contribution in [3.8, 4) is 10.9 Å². The van der Waals surface area contributed by atoms with Crippen LogP contribution in [0.2, 0.25) is 0 Å². The van der Waals surface area contributed by atoms with Gasteiger partial charge >= 0.3 is 0 Å². The maximum atomic E-state index is 12.9. The SMILES string of the molecule is COc1ccc2nc(-n3nc(C)cc3NC(=O)c3ccc(C(=O)c4ccccc4)cc3)sc2c1. The first-order valence-electron chi connectivity index (χ1n) is 10.5. The predicted molar refractivity (Wildman–Crippen MR) is 132 cm³/mol. The van der Waals surface area contributed by atoms with Crippen molar-refractivity contribution in [1.29, 1.82) is 0 Å². The average Bonchev–Trinajstić information content (AvgIpc) is 3.46. The number of hydrogen-bond donors (Lipinski definition) is 1. The molecule has 0 atom stereocenters. The van der Waals surface area contributed by atoms with E-state index in [1.165, 1.54) is 11.3 Å². The number of rotatable bonds is 6. The third-order valence-corrected chi connectivity index (χ3v) is 6.28. The van der Waals surface area contributed by atoms with Crippen molar-refractivity contribution in [1.82, 2.24) is 14.8 Å². The Morgan fingerprint density at radius 1 is 0.912 bits per heavy atom. The van der Waals surface area contributed by atoms with Gasteiger partial charge in [0, 0.05) is 22.8 Å². The van der Waals surface area contributed by atoms with E-state index in [-0.39, 0.29) is 11.7 Å². The molecule has 2 aromatic heterocycles. The quantitative estimate of drug-likeness (QED) is 0.343. The molecule has 7 nitrogen and oxygen atoms in total. The highest BCUT2D eigenvalue weighted by atomic mass is 32.1. The van der Waals surface area contributed by atoms with E-state index in [0.29, 0.717) is 27.6 Å². The number of benzene rings is 3. The van der Waals surface area contributed by atoms with Gasteiger partial charge in [0.15, 0.2) is 5.78 Å². The number of carbonyl (C=O) groups is 2. The summed E-state index contributed by atoms with van der Waals surface area (Å²) in [6.45, 7) is 1.85. The van der Waals surface area contributed by atoms with Crippen LogP contribution in [0.1, 0.15) is 32.0 Å². The maximum Gasteiger partial charge on any atom is 0.256 e. The Balaban J connectivity index is 1.38. The first-order valence-corrected chi connectivity index (χ1v) is 11.4. The summed E-state index contributed by atoms with van der Waals surface area (Å²) in [5.41, 5.74) is 3.13. The van der Waals surface area contributed by atoms with Gasteiger partial charge in [-0.05, 0) is 37.3 Å². The minimum Gasteiger partial charge on any atom is -0.497 e. The Labute approximate surface area is 199 Å². The van der Waals surface area contributed by atoms with Gasteiger partial charge in [0.25, 0.3) is 5.91 Å². The molecule has 1 amide bonds. The molecule has 0 saturated heterocycles. The zero-order valence-corrected chi connectivity index (χ0v) is 19.3. The fourth-order valence-corrected chi connectivity index (χ4v) is 4.52. The van der Waals surface area contributed by atoms with Gasteiger partial charge in [-0.15, -0.1) is 0 Å². The Bertz CT molecular complexity index is 1500. The van der Waals surface area contributed by atoms with E-state index in [1.54, 1.807) is 54.3 Å². The number of ether oxygens (including phenoxy) is 1. The van der Waals surface area contributed by atoms with Crippen molar-refractivity contribution < 1.29 is 14.3 Å². The number of nitrogens with one attached hydrogen (secondary N) is 1. The third-order valence-electron chi connectivity index (χ3n) is 5.28. The molecular formula is C26H20N4O3S. The number of aromatic nitrogens is 3. The molecule has 0 unspecified atom stereocenters. The van der Waals surface area contributed by atoms with Crippen LogP contribution in [-0.2, 0) is 0 Å². The van der Waals surface area contributed by atoms with Crippen LogP contribution in [0.5, 0.6) is 5.75 Å². The lowest BCUT2D eigenvalue weighted by Gasteiger charge is -2.07. The Morgan fingerprint density at radius 2 is 1.62 bits per heavy atom. The van der Waals surface area contributed by atoms with E-state index < -0.39 is 0 Å². The number of methoxy groups -OCH3 is 1. The van der Waals surface area contributed by atoms with E-state index in [4.69, 9.17) is 4.74 Å². The summed E-state index contributed by atoms with van der Waals surface area (Å²) in [6, 6.07) is 23.1. The van der Waals surface area contributed by atoms with Crippen molar-refractivity contribution >= 4 is 39.1 Å². The topological polar surface area (TPSA) is 86.1 Å². The maximum absolute atomic E-state index is 12.9. The smallest absolute Gasteiger partial charge is 0.256 e. The summed E-state index contributed by atoms with van der Waals surface area (Å²) in [6.07, 6.45) is 0. The minimum atomic E-state index is -0.303. The van der Waals surface area contributed by atoms with Crippen molar-refractivity contribution in [2.24, 2.45) is 0 Å². The number of ketones is 1. The van der Waals surface area contributed by atoms with Crippen molar-refractivity contribution in [2.45, 2.75) is 6.92 Å². The van der Waals surface area contributed by atoms with Crippen LogP contribution < -0.4 is 10.1 Å². The van der Waals surface area contributed by atoms with Gasteiger partial charge in [-0.1, -0.05) is 53.8 Å². The summed E-state index contributed by atoms with van der Waals surface area (Å²) in [5, 5.41) is 8.06. The third kappa shape index (κ3) is 4.18. The van der Waals surface area contributed by atoms with Gasteiger partial charge in [0.2, 0.25) is 5.13 Å². The standard InChI is InChI=1S/C26H20N4O3S/c1-16-14-23(30(29-16)26-27-21-13-12-20(33-2)15-22(21)34-26)28-25(32)19-10-8-18(9-11-19)24(31)17-6-4-3-5-7-17/h3-15H,1-2H3,(H,28,32). The molecule has 0 bridgehead atoms. The number of hydrogen-bond acceptors (Lipinski definition) is 6. The molecule has 34 heavy (non-hydrogen) atoms. The van der Waals surface area contributed by atoms with Gasteiger partial charge in [-0.2, -0.15) is 9.78 Å². The summed E-state index contributed by atoms with van der Waals surface area (Å²) in [4.78, 5) is 30.2. The van der Waals surface area contributed by atoms with Crippen molar-refractivity contribution in [2.75, 3.05) is 12.4 Å². The van der Waals surface area contributed by atoms with E-state index in [9.17, 15) is 9.59 Å². The monoisotopic (exact) mass is 468 g/mol. The number of nitrogens with zero attached hydrogens (tertiary/aromatic N) is 3. The molecule has 0 fully saturated rings. The van der Waals surface area contributed by atoms with Crippen LogP contribution in [0.4, 0.5) is 5.82 Å². The molecule has 0 aliphatic heterocycles. The molecule has 0 saturated carbocycles. The molecule has 1 N–H and O–H groups in total. The van der Waals surface area contributed by atoms with Crippen LogP contribution in [-0.4, -0.2) is 33.6 Å². The Hall–Kier alpha value is -4.30. The molecule has 0 radical (unpaired) electrons. The first kappa shape index (κ1) is 21.5. The van der Waals surface area contributed by atoms with E-state index in [1.807, 2.05) is 43.3 Å². The van der Waals surface area contributed by atoms with Crippen LogP contribution in [0, 0.1) is 6.92 Å². The largest absolute Gasteiger partial charge is 0.497 e. The van der Waals surface area contributed by atoms with Crippen LogP contribution >= 0.6 is 11.3 Å². The fourth-order valence-electron chi connectivity index (χ4n) is 3.56. The Morgan fingerprint density at radius 3 is 2.35 bits per heavy atom. The van der Waals surface area contributed by atoms with Crippen LogP contribution in [0.15, 0.2) is 78.9 Å². The summed E-state index contributed by atoms with van der Waals surface area (Å²) in [5.74, 6) is 0.872.